The van der Waals surface area contributed by atoms with Crippen LogP contribution >= 0.6 is 0 Å². The Bertz CT molecular complexity index is 529. The van der Waals surface area contributed by atoms with Gasteiger partial charge in [0.2, 0.25) is 11.4 Å². The highest BCUT2D eigenvalue weighted by Crippen LogP contribution is 2.20. The van der Waals surface area contributed by atoms with E-state index >= 15 is 0 Å². The Hall–Kier alpha value is -2.10. The molecule has 0 atom stereocenters. The zero-order valence-electron chi connectivity index (χ0n) is 9.80. The number of hydrogen-bond donors (Lipinski definition) is 1. The molecule has 0 amide bonds. The van der Waals surface area contributed by atoms with Crippen molar-refractivity contribution in [2.75, 3.05) is 6.61 Å². The second-order valence-electron chi connectivity index (χ2n) is 3.77. The lowest BCUT2D eigenvalue weighted by atomic mass is 10.2. The molecule has 1 aliphatic heterocycles. The quantitative estimate of drug-likeness (QED) is 0.481. The molecule has 0 fully saturated rings. The van der Waals surface area contributed by atoms with E-state index in [-0.39, 0.29) is 5.97 Å². The van der Waals surface area contributed by atoms with E-state index in [4.69, 9.17) is 4.74 Å². The number of fused-ring (bicyclic) bond motifs is 1. The Morgan fingerprint density at radius 1 is 1.53 bits per heavy atom. The van der Waals surface area contributed by atoms with E-state index in [1.165, 1.54) is 0 Å². The third kappa shape index (κ3) is 1.93. The molecule has 1 aliphatic rings. The smallest absolute Gasteiger partial charge is 0.344 e. The monoisotopic (exact) mass is 232 g/mol. The molecule has 2 rings (SSSR count). The van der Waals surface area contributed by atoms with Gasteiger partial charge in [0.1, 0.15) is 5.56 Å². The van der Waals surface area contributed by atoms with Crippen LogP contribution in [0.3, 0.4) is 0 Å². The molecular weight excluding hydrogens is 218 g/mol. The molecule has 1 aromatic rings. The molecular formula is C13H14NO3+. The van der Waals surface area contributed by atoms with E-state index in [1.807, 2.05) is 19.1 Å². The fourth-order valence-electron chi connectivity index (χ4n) is 1.82. The Kier molecular flexibility index (Phi) is 2.95. The average Bonchev–Trinajstić information content (AvgIpc) is 2.63. The first-order valence-electron chi connectivity index (χ1n) is 5.43. The summed E-state index contributed by atoms with van der Waals surface area (Å²) in [6.45, 7) is 4.02. The van der Waals surface area contributed by atoms with E-state index in [0.29, 0.717) is 17.9 Å². The van der Waals surface area contributed by atoms with Crippen molar-refractivity contribution in [2.24, 2.45) is 0 Å². The number of aliphatic hydroxyl groups is 1. The number of pyridine rings is 1. The molecule has 2 heterocycles. The summed E-state index contributed by atoms with van der Waals surface area (Å²) in [6.07, 6.45) is 4.65. The van der Waals surface area contributed by atoms with Gasteiger partial charge in [-0.3, -0.25) is 0 Å². The number of allylic oxidation sites excluding steroid dienone is 2. The number of carbonyl (C=O) groups excluding carboxylic acids is 1. The Balaban J connectivity index is 2.42. The predicted molar refractivity (Wildman–Crippen MR) is 63.1 cm³/mol. The van der Waals surface area contributed by atoms with E-state index < -0.39 is 0 Å². The second kappa shape index (κ2) is 4.41. The third-order valence-electron chi connectivity index (χ3n) is 2.64. The van der Waals surface area contributed by atoms with E-state index in [9.17, 15) is 9.90 Å². The van der Waals surface area contributed by atoms with Crippen LogP contribution in [0.2, 0.25) is 0 Å². The Labute approximate surface area is 99.5 Å². The van der Waals surface area contributed by atoms with Gasteiger partial charge in [0, 0.05) is 17.7 Å². The summed E-state index contributed by atoms with van der Waals surface area (Å²) in [5.41, 5.74) is 3.02. The van der Waals surface area contributed by atoms with Gasteiger partial charge in [0.15, 0.2) is 12.5 Å². The van der Waals surface area contributed by atoms with Gasteiger partial charge in [-0.25, -0.2) is 4.79 Å². The highest BCUT2D eigenvalue weighted by atomic mass is 16.5. The number of aromatic nitrogens is 1. The van der Waals surface area contributed by atoms with Crippen LogP contribution in [0.5, 0.6) is 0 Å². The molecule has 0 unspecified atom stereocenters. The van der Waals surface area contributed by atoms with E-state index in [2.05, 4.69) is 0 Å². The molecule has 0 radical (unpaired) electrons. The van der Waals surface area contributed by atoms with Gasteiger partial charge >= 0.3 is 5.97 Å². The molecule has 0 saturated heterocycles. The SMILES string of the molecule is CCOC(=O)c1ccc2[n+](c1)/C(=C/O)C(C)=C2. The van der Waals surface area contributed by atoms with E-state index in [1.54, 1.807) is 23.8 Å². The summed E-state index contributed by atoms with van der Waals surface area (Å²) in [5, 5.41) is 9.18. The minimum atomic E-state index is -0.357. The Morgan fingerprint density at radius 2 is 2.29 bits per heavy atom. The van der Waals surface area contributed by atoms with Crippen LogP contribution in [-0.2, 0) is 4.74 Å². The van der Waals surface area contributed by atoms with Crippen LogP contribution in [0, 0.1) is 0 Å². The summed E-state index contributed by atoms with van der Waals surface area (Å²) in [4.78, 5) is 11.6. The maximum atomic E-state index is 11.6. The van der Waals surface area contributed by atoms with Crippen molar-refractivity contribution in [3.05, 3.63) is 41.4 Å². The van der Waals surface area contributed by atoms with Gasteiger partial charge in [-0.05, 0) is 19.9 Å². The van der Waals surface area contributed by atoms with Crippen LogP contribution in [0.15, 0.2) is 30.2 Å². The zero-order valence-corrected chi connectivity index (χ0v) is 9.80. The molecule has 0 aliphatic carbocycles. The molecule has 0 saturated carbocycles. The topological polar surface area (TPSA) is 50.4 Å². The van der Waals surface area contributed by atoms with Crippen LogP contribution in [0.4, 0.5) is 0 Å². The summed E-state index contributed by atoms with van der Waals surface area (Å²) in [5.74, 6) is -0.357. The highest BCUT2D eigenvalue weighted by Gasteiger charge is 2.26. The Morgan fingerprint density at radius 3 is 2.94 bits per heavy atom. The van der Waals surface area contributed by atoms with Gasteiger partial charge in [0.05, 0.1) is 6.61 Å². The maximum absolute atomic E-state index is 11.6. The van der Waals surface area contributed by atoms with Gasteiger partial charge in [-0.2, -0.15) is 4.57 Å². The molecule has 0 aromatic carbocycles. The van der Waals surface area contributed by atoms with Crippen LogP contribution < -0.4 is 4.57 Å². The van der Waals surface area contributed by atoms with Crippen molar-refractivity contribution in [3.63, 3.8) is 0 Å². The first-order chi connectivity index (χ1) is 8.17. The molecule has 1 aromatic heterocycles. The largest absolute Gasteiger partial charge is 0.509 e. The van der Waals surface area contributed by atoms with Gasteiger partial charge < -0.3 is 9.84 Å². The standard InChI is InChI=1S/C13H13NO3/c1-3-17-13(16)10-4-5-11-6-9(2)12(8-15)14(11)7-10/h4-8H,3H2,1-2H3/p+1. The molecule has 0 bridgehead atoms. The normalized spacial score (nSPS) is 15.6. The van der Waals surface area contributed by atoms with Gasteiger partial charge in [0.25, 0.3) is 0 Å². The minimum Gasteiger partial charge on any atom is -0.509 e. The fourth-order valence-corrected chi connectivity index (χ4v) is 1.82. The molecule has 1 N–H and O–H groups in total. The number of carbonyl (C=O) groups is 1. The van der Waals surface area contributed by atoms with Gasteiger partial charge in [-0.1, -0.05) is 0 Å². The highest BCUT2D eigenvalue weighted by molar-refractivity contribution is 5.89. The first kappa shape index (κ1) is 11.4. The summed E-state index contributed by atoms with van der Waals surface area (Å²) >= 11 is 0. The van der Waals surface area contributed by atoms with Crippen molar-refractivity contribution in [2.45, 2.75) is 13.8 Å². The minimum absolute atomic E-state index is 0.348. The lowest BCUT2D eigenvalue weighted by Gasteiger charge is -2.01. The third-order valence-corrected chi connectivity index (χ3v) is 2.64. The summed E-state index contributed by atoms with van der Waals surface area (Å²) in [7, 11) is 0. The number of rotatable bonds is 2. The van der Waals surface area contributed by atoms with Crippen molar-refractivity contribution in [1.82, 2.24) is 0 Å². The van der Waals surface area contributed by atoms with E-state index in [0.717, 1.165) is 17.5 Å². The number of esters is 1. The molecule has 88 valence electrons. The van der Waals surface area contributed by atoms with Gasteiger partial charge in [-0.15, -0.1) is 0 Å². The lowest BCUT2D eigenvalue weighted by molar-refractivity contribution is -0.579. The van der Waals surface area contributed by atoms with Crippen LogP contribution in [0.1, 0.15) is 29.9 Å². The number of nitrogens with zero attached hydrogens (tertiary/aromatic N) is 1. The zero-order chi connectivity index (χ0) is 12.4. The number of aliphatic hydroxyl groups excluding tert-OH is 1. The molecule has 0 spiro atoms. The summed E-state index contributed by atoms with van der Waals surface area (Å²) in [6, 6.07) is 3.54. The summed E-state index contributed by atoms with van der Waals surface area (Å²) < 4.78 is 6.70. The maximum Gasteiger partial charge on any atom is 0.344 e. The molecule has 17 heavy (non-hydrogen) atoms. The molecule has 4 nitrogen and oxygen atoms in total. The second-order valence-corrected chi connectivity index (χ2v) is 3.77. The van der Waals surface area contributed by atoms with Crippen LogP contribution in [0.25, 0.3) is 11.8 Å². The van der Waals surface area contributed by atoms with Crippen molar-refractivity contribution < 1.29 is 19.2 Å². The average molecular weight is 232 g/mol. The predicted octanol–water partition coefficient (Wildman–Crippen LogP) is 1.92. The first-order valence-corrected chi connectivity index (χ1v) is 5.43. The molecule has 4 heteroatoms. The van der Waals surface area contributed by atoms with Crippen molar-refractivity contribution in [1.29, 1.82) is 0 Å². The van der Waals surface area contributed by atoms with Crippen molar-refractivity contribution >= 4 is 17.7 Å². The number of hydrogen-bond acceptors (Lipinski definition) is 3. The lowest BCUT2D eigenvalue weighted by Crippen LogP contribution is -2.33. The number of ether oxygens (including phenoxy) is 1. The fraction of sp³-hybridized carbons (Fsp3) is 0.231. The van der Waals surface area contributed by atoms with Crippen LogP contribution in [-0.4, -0.2) is 17.7 Å². The van der Waals surface area contributed by atoms with Crippen molar-refractivity contribution in [3.8, 4) is 0 Å².